The number of benzene rings is 1. The molecule has 3 rings (SSSR count). The topological polar surface area (TPSA) is 71.7 Å². The molecule has 8 heteroatoms. The third-order valence-corrected chi connectivity index (χ3v) is 6.73. The fourth-order valence-electron chi connectivity index (χ4n) is 2.63. The number of hydrogen-bond donors (Lipinski definition) is 0. The van der Waals surface area contributed by atoms with Crippen LogP contribution in [0.3, 0.4) is 0 Å². The number of sulfonamides is 1. The van der Waals surface area contributed by atoms with E-state index in [1.165, 1.54) is 27.8 Å². The highest BCUT2D eigenvalue weighted by atomic mass is 32.2. The van der Waals surface area contributed by atoms with Crippen LogP contribution in [0.1, 0.15) is 29.6 Å². The Morgan fingerprint density at radius 3 is 2.62 bits per heavy atom. The van der Waals surface area contributed by atoms with Crippen LogP contribution in [0.5, 0.6) is 0 Å². The van der Waals surface area contributed by atoms with Crippen molar-refractivity contribution >= 4 is 27.3 Å². The van der Waals surface area contributed by atoms with Gasteiger partial charge in [0, 0.05) is 37.3 Å². The third-order valence-electron chi connectivity index (χ3n) is 3.99. The largest absolute Gasteiger partial charge is 0.327 e. The van der Waals surface area contributed by atoms with Crippen molar-refractivity contribution in [3.63, 3.8) is 0 Å². The molecule has 1 aliphatic rings. The standard InChI is InChI=1S/C16H19N3O3S2/c1-18-10-11-23-16(18)17-15(20)13-6-5-7-14(12-13)24(21,22)19-8-3-2-4-9-19/h5-7,10-12H,2-4,8-9H2,1H3. The number of aromatic nitrogens is 1. The molecule has 128 valence electrons. The Kier molecular flexibility index (Phi) is 4.98. The van der Waals surface area contributed by atoms with Gasteiger partial charge in [-0.25, -0.2) is 8.42 Å². The minimum atomic E-state index is -3.55. The lowest BCUT2D eigenvalue weighted by Crippen LogP contribution is -2.35. The van der Waals surface area contributed by atoms with Gasteiger partial charge < -0.3 is 4.57 Å². The third kappa shape index (κ3) is 3.50. The predicted molar refractivity (Wildman–Crippen MR) is 92.2 cm³/mol. The number of carbonyl (C=O) groups is 1. The van der Waals surface area contributed by atoms with Crippen LogP contribution in [0.2, 0.25) is 0 Å². The van der Waals surface area contributed by atoms with Crippen molar-refractivity contribution in [2.45, 2.75) is 24.2 Å². The first-order valence-electron chi connectivity index (χ1n) is 7.78. The van der Waals surface area contributed by atoms with E-state index in [-0.39, 0.29) is 10.5 Å². The Morgan fingerprint density at radius 1 is 1.21 bits per heavy atom. The molecule has 0 spiro atoms. The lowest BCUT2D eigenvalue weighted by atomic mass is 10.2. The molecular formula is C16H19N3O3S2. The molecule has 0 saturated carbocycles. The summed E-state index contributed by atoms with van der Waals surface area (Å²) in [6.45, 7) is 1.08. The molecule has 0 atom stereocenters. The molecule has 0 bridgehead atoms. The van der Waals surface area contributed by atoms with E-state index in [4.69, 9.17) is 0 Å². The monoisotopic (exact) mass is 365 g/mol. The van der Waals surface area contributed by atoms with Gasteiger partial charge in [0.25, 0.3) is 5.91 Å². The van der Waals surface area contributed by atoms with Gasteiger partial charge in [-0.15, -0.1) is 11.3 Å². The highest BCUT2D eigenvalue weighted by Crippen LogP contribution is 2.21. The summed E-state index contributed by atoms with van der Waals surface area (Å²) in [5.74, 6) is -0.441. The molecule has 1 aliphatic heterocycles. The lowest BCUT2D eigenvalue weighted by Gasteiger charge is -2.25. The molecule has 2 heterocycles. The van der Waals surface area contributed by atoms with Gasteiger partial charge in [0.2, 0.25) is 10.0 Å². The summed E-state index contributed by atoms with van der Waals surface area (Å²) >= 11 is 1.35. The van der Waals surface area contributed by atoms with E-state index < -0.39 is 15.9 Å². The summed E-state index contributed by atoms with van der Waals surface area (Å²) in [6.07, 6.45) is 4.62. The van der Waals surface area contributed by atoms with Crippen molar-refractivity contribution in [2.75, 3.05) is 13.1 Å². The van der Waals surface area contributed by atoms with Gasteiger partial charge in [-0.3, -0.25) is 4.79 Å². The molecule has 1 aromatic heterocycles. The number of thiazole rings is 1. The fourth-order valence-corrected chi connectivity index (χ4v) is 4.92. The van der Waals surface area contributed by atoms with E-state index in [0.717, 1.165) is 19.3 Å². The number of carbonyl (C=O) groups excluding carboxylic acids is 1. The second kappa shape index (κ2) is 7.00. The molecule has 1 aromatic carbocycles. The molecule has 1 saturated heterocycles. The maximum atomic E-state index is 12.7. The lowest BCUT2D eigenvalue weighted by molar-refractivity contribution is 0.0997. The smallest absolute Gasteiger partial charge is 0.279 e. The first-order valence-corrected chi connectivity index (χ1v) is 10.1. The molecule has 2 aromatic rings. The summed E-state index contributed by atoms with van der Waals surface area (Å²) in [4.78, 5) is 17.1. The summed E-state index contributed by atoms with van der Waals surface area (Å²) in [6, 6.07) is 6.14. The predicted octanol–water partition coefficient (Wildman–Crippen LogP) is 2.00. The molecule has 1 fully saturated rings. The normalized spacial score (nSPS) is 17.1. The summed E-state index contributed by atoms with van der Waals surface area (Å²) in [7, 11) is -1.75. The maximum Gasteiger partial charge on any atom is 0.279 e. The van der Waals surface area contributed by atoms with Crippen LogP contribution in [0.15, 0.2) is 45.7 Å². The van der Waals surface area contributed by atoms with Crippen LogP contribution < -0.4 is 4.80 Å². The van der Waals surface area contributed by atoms with Crippen molar-refractivity contribution in [3.05, 3.63) is 46.2 Å². The molecule has 0 aliphatic carbocycles. The number of rotatable bonds is 3. The van der Waals surface area contributed by atoms with Crippen molar-refractivity contribution in [1.29, 1.82) is 0 Å². The Labute approximate surface area is 145 Å². The zero-order chi connectivity index (χ0) is 17.2. The van der Waals surface area contributed by atoms with Crippen molar-refractivity contribution in [3.8, 4) is 0 Å². The Morgan fingerprint density at radius 2 is 1.96 bits per heavy atom. The zero-order valence-corrected chi connectivity index (χ0v) is 15.0. The molecule has 24 heavy (non-hydrogen) atoms. The SMILES string of the molecule is Cn1ccsc1=NC(=O)c1cccc(S(=O)(=O)N2CCCCC2)c1. The zero-order valence-electron chi connectivity index (χ0n) is 13.4. The first kappa shape index (κ1) is 17.1. The molecule has 6 nitrogen and oxygen atoms in total. The van der Waals surface area contributed by atoms with Crippen molar-refractivity contribution in [2.24, 2.45) is 12.0 Å². The summed E-state index contributed by atoms with van der Waals surface area (Å²) < 4.78 is 28.7. The van der Waals surface area contributed by atoms with E-state index in [1.54, 1.807) is 23.7 Å². The first-order chi connectivity index (χ1) is 11.5. The fraction of sp³-hybridized carbons (Fsp3) is 0.375. The average molecular weight is 365 g/mol. The van der Waals surface area contributed by atoms with Crippen LogP contribution >= 0.6 is 11.3 Å². The van der Waals surface area contributed by atoms with E-state index in [1.807, 2.05) is 11.6 Å². The van der Waals surface area contributed by atoms with Gasteiger partial charge in [-0.1, -0.05) is 12.5 Å². The quantitative estimate of drug-likeness (QED) is 0.835. The average Bonchev–Trinajstić information content (AvgIpc) is 3.00. The highest BCUT2D eigenvalue weighted by molar-refractivity contribution is 7.89. The van der Waals surface area contributed by atoms with Crippen molar-refractivity contribution < 1.29 is 13.2 Å². The Balaban J connectivity index is 1.92. The maximum absolute atomic E-state index is 12.7. The van der Waals surface area contributed by atoms with Gasteiger partial charge in [0.15, 0.2) is 4.80 Å². The number of piperidine rings is 1. The summed E-state index contributed by atoms with van der Waals surface area (Å²) in [5.41, 5.74) is 0.279. The number of aryl methyl sites for hydroxylation is 1. The van der Waals surface area contributed by atoms with Crippen LogP contribution in [-0.2, 0) is 17.1 Å². The highest BCUT2D eigenvalue weighted by Gasteiger charge is 2.26. The Hall–Kier alpha value is -1.77. The van der Waals surface area contributed by atoms with Gasteiger partial charge in [0.05, 0.1) is 4.90 Å². The molecular weight excluding hydrogens is 346 g/mol. The Bertz CT molecular complexity index is 906. The van der Waals surface area contributed by atoms with E-state index in [9.17, 15) is 13.2 Å². The second-order valence-corrected chi connectivity index (χ2v) is 8.52. The second-order valence-electron chi connectivity index (χ2n) is 5.71. The number of nitrogens with zero attached hydrogens (tertiary/aromatic N) is 3. The van der Waals surface area contributed by atoms with Gasteiger partial charge in [0.1, 0.15) is 0 Å². The van der Waals surface area contributed by atoms with Crippen LogP contribution in [0, 0.1) is 0 Å². The van der Waals surface area contributed by atoms with Crippen molar-refractivity contribution in [1.82, 2.24) is 8.87 Å². The molecule has 0 N–H and O–H groups in total. The minimum absolute atomic E-state index is 0.154. The van der Waals surface area contributed by atoms with Crippen LogP contribution in [0.25, 0.3) is 0 Å². The van der Waals surface area contributed by atoms with Gasteiger partial charge in [-0.05, 0) is 31.0 Å². The van der Waals surface area contributed by atoms with Crippen LogP contribution in [0.4, 0.5) is 0 Å². The van der Waals surface area contributed by atoms with Gasteiger partial charge in [-0.2, -0.15) is 9.30 Å². The van der Waals surface area contributed by atoms with E-state index in [0.29, 0.717) is 17.9 Å². The molecule has 1 amide bonds. The number of hydrogen-bond acceptors (Lipinski definition) is 4. The molecule has 0 unspecified atom stereocenters. The van der Waals surface area contributed by atoms with E-state index in [2.05, 4.69) is 4.99 Å². The summed E-state index contributed by atoms with van der Waals surface area (Å²) in [5, 5.41) is 1.84. The number of amides is 1. The van der Waals surface area contributed by atoms with Gasteiger partial charge >= 0.3 is 0 Å². The van der Waals surface area contributed by atoms with Crippen LogP contribution in [-0.4, -0.2) is 36.3 Å². The minimum Gasteiger partial charge on any atom is -0.327 e. The van der Waals surface area contributed by atoms with E-state index >= 15 is 0 Å². The molecule has 0 radical (unpaired) electrons.